The number of aromatic hydroxyl groups is 2. The molecule has 0 fully saturated rings. The van der Waals surface area contributed by atoms with E-state index in [0.717, 1.165) is 16.6 Å². The van der Waals surface area contributed by atoms with E-state index in [1.54, 1.807) is 0 Å². The normalized spacial score (nSPS) is 11.0. The Balaban J connectivity index is 2.01. The molecule has 128 valence electrons. The Kier molecular flexibility index (Phi) is 4.01. The van der Waals surface area contributed by atoms with Gasteiger partial charge in [0.15, 0.2) is 11.9 Å². The van der Waals surface area contributed by atoms with E-state index in [2.05, 4.69) is 19.1 Å². The van der Waals surface area contributed by atoms with Gasteiger partial charge in [0.1, 0.15) is 0 Å². The van der Waals surface area contributed by atoms with Crippen LogP contribution < -0.4 is 9.13 Å². The minimum absolute atomic E-state index is 0.0179. The molecule has 2 N–H and O–H groups in total. The van der Waals surface area contributed by atoms with Crippen LogP contribution in [0.4, 0.5) is 0 Å². The van der Waals surface area contributed by atoms with Crippen molar-refractivity contribution in [2.45, 2.75) is 13.5 Å². The zero-order chi connectivity index (χ0) is 18.1. The van der Waals surface area contributed by atoms with Gasteiger partial charge in [-0.25, -0.2) is 0 Å². The largest absolute Gasteiger partial charge is 0.638 e. The van der Waals surface area contributed by atoms with E-state index in [1.165, 1.54) is 4.57 Å². The molecule has 0 atom stereocenters. The highest BCUT2D eigenvalue weighted by molar-refractivity contribution is 5.79. The second-order valence-corrected chi connectivity index (χ2v) is 6.32. The van der Waals surface area contributed by atoms with Crippen molar-refractivity contribution >= 4 is 10.9 Å². The highest BCUT2D eigenvalue weighted by Crippen LogP contribution is 2.23. The minimum Gasteiger partial charge on any atom is -0.459 e. The van der Waals surface area contributed by atoms with Crippen LogP contribution in [0.1, 0.15) is 11.1 Å². The lowest BCUT2D eigenvalue weighted by atomic mass is 10.1. The van der Waals surface area contributed by atoms with E-state index in [4.69, 9.17) is 0 Å². The summed E-state index contributed by atoms with van der Waals surface area (Å²) in [7, 11) is 0. The summed E-state index contributed by atoms with van der Waals surface area (Å²) in [6.07, 6.45) is 0. The number of rotatable bonds is 3. The van der Waals surface area contributed by atoms with Crippen LogP contribution in [-0.4, -0.2) is 10.2 Å². The fourth-order valence-corrected chi connectivity index (χ4v) is 3.27. The SMILES string of the molecule is Cc1ccccc1C[n+]1c(O)[n+](-c2ccccc2)c(O)c2ccccc21. The molecule has 0 aliphatic rings. The van der Waals surface area contributed by atoms with Gasteiger partial charge in [0.05, 0.1) is 0 Å². The van der Waals surface area contributed by atoms with Crippen LogP contribution in [-0.2, 0) is 6.54 Å². The summed E-state index contributed by atoms with van der Waals surface area (Å²) < 4.78 is 3.30. The van der Waals surface area contributed by atoms with E-state index in [-0.39, 0.29) is 11.9 Å². The van der Waals surface area contributed by atoms with Crippen molar-refractivity contribution in [2.75, 3.05) is 0 Å². The van der Waals surface area contributed by atoms with E-state index in [9.17, 15) is 10.2 Å². The van der Waals surface area contributed by atoms with Gasteiger partial charge in [-0.3, -0.25) is 0 Å². The highest BCUT2D eigenvalue weighted by atomic mass is 16.3. The van der Waals surface area contributed by atoms with Gasteiger partial charge in [-0.1, -0.05) is 59.2 Å². The number of hydrogen-bond donors (Lipinski definition) is 2. The van der Waals surface area contributed by atoms with E-state index >= 15 is 0 Å². The number of aryl methyl sites for hydroxylation is 1. The summed E-state index contributed by atoms with van der Waals surface area (Å²) in [4.78, 5) is 0. The van der Waals surface area contributed by atoms with Crippen LogP contribution >= 0.6 is 0 Å². The topological polar surface area (TPSA) is 48.2 Å². The molecule has 0 amide bonds. The van der Waals surface area contributed by atoms with Crippen LogP contribution in [0.3, 0.4) is 0 Å². The maximum Gasteiger partial charge on any atom is 0.638 e. The van der Waals surface area contributed by atoms with E-state index in [1.807, 2.05) is 71.3 Å². The number of nitrogens with zero attached hydrogens (tertiary/aromatic N) is 2. The van der Waals surface area contributed by atoms with Crippen molar-refractivity contribution < 1.29 is 19.3 Å². The monoisotopic (exact) mass is 344 g/mol. The van der Waals surface area contributed by atoms with Crippen molar-refractivity contribution in [3.63, 3.8) is 0 Å². The summed E-state index contributed by atoms with van der Waals surface area (Å²) in [5.74, 6) is 0.0188. The second kappa shape index (κ2) is 6.48. The molecule has 0 aliphatic heterocycles. The van der Waals surface area contributed by atoms with Crippen molar-refractivity contribution in [1.29, 1.82) is 0 Å². The molecule has 4 nitrogen and oxygen atoms in total. The van der Waals surface area contributed by atoms with Crippen LogP contribution in [0.2, 0.25) is 0 Å². The van der Waals surface area contributed by atoms with Crippen molar-refractivity contribution in [2.24, 2.45) is 0 Å². The van der Waals surface area contributed by atoms with Gasteiger partial charge in [-0.15, -0.1) is 0 Å². The molecule has 4 aromatic rings. The smallest absolute Gasteiger partial charge is 0.459 e. The highest BCUT2D eigenvalue weighted by Gasteiger charge is 2.35. The first-order valence-electron chi connectivity index (χ1n) is 8.55. The van der Waals surface area contributed by atoms with Gasteiger partial charge in [0.25, 0.3) is 0 Å². The zero-order valence-corrected chi connectivity index (χ0v) is 14.5. The van der Waals surface area contributed by atoms with Gasteiger partial charge in [-0.2, -0.15) is 0 Å². The average molecular weight is 344 g/mol. The lowest BCUT2D eigenvalue weighted by Crippen LogP contribution is -2.47. The lowest BCUT2D eigenvalue weighted by Gasteiger charge is -2.06. The van der Waals surface area contributed by atoms with Gasteiger partial charge < -0.3 is 10.2 Å². The van der Waals surface area contributed by atoms with Crippen molar-refractivity contribution in [3.8, 4) is 17.6 Å². The molecule has 4 rings (SSSR count). The van der Waals surface area contributed by atoms with Crippen molar-refractivity contribution in [3.05, 3.63) is 90.0 Å². The van der Waals surface area contributed by atoms with Gasteiger partial charge in [0, 0.05) is 23.8 Å². The molecule has 0 radical (unpaired) electrons. The molecule has 1 aromatic heterocycles. The van der Waals surface area contributed by atoms with E-state index in [0.29, 0.717) is 17.6 Å². The molecule has 0 unspecified atom stereocenters. The third-order valence-electron chi connectivity index (χ3n) is 4.69. The fourth-order valence-electron chi connectivity index (χ4n) is 3.27. The van der Waals surface area contributed by atoms with Crippen LogP contribution in [0.25, 0.3) is 16.6 Å². The van der Waals surface area contributed by atoms with Gasteiger partial charge in [-0.05, 0) is 23.1 Å². The summed E-state index contributed by atoms with van der Waals surface area (Å²) in [5.41, 5.74) is 3.75. The molecule has 0 spiro atoms. The molecular weight excluding hydrogens is 324 g/mol. The molecule has 0 bridgehead atoms. The van der Waals surface area contributed by atoms with Crippen LogP contribution in [0.15, 0.2) is 78.9 Å². The lowest BCUT2D eigenvalue weighted by molar-refractivity contribution is -0.776. The molecule has 1 heterocycles. The summed E-state index contributed by atoms with van der Waals surface area (Å²) in [6, 6.07) is 25.0. The Hall–Kier alpha value is -3.40. The molecular formula is C22H20N2O2+2. The van der Waals surface area contributed by atoms with Gasteiger partial charge in [0.2, 0.25) is 11.2 Å². The molecule has 0 saturated carbocycles. The first-order valence-corrected chi connectivity index (χ1v) is 8.55. The number of fused-ring (bicyclic) bond motifs is 1. The Morgan fingerprint density at radius 2 is 1.42 bits per heavy atom. The maximum absolute atomic E-state index is 11.0. The third kappa shape index (κ3) is 2.65. The third-order valence-corrected chi connectivity index (χ3v) is 4.69. The fraction of sp³-hybridized carbons (Fsp3) is 0.0909. The van der Waals surface area contributed by atoms with Gasteiger partial charge >= 0.3 is 11.9 Å². The summed E-state index contributed by atoms with van der Waals surface area (Å²) in [5, 5.41) is 22.5. The minimum atomic E-state index is -0.0179. The molecule has 0 aliphatic carbocycles. The zero-order valence-electron chi connectivity index (χ0n) is 14.5. The summed E-state index contributed by atoms with van der Waals surface area (Å²) in [6.45, 7) is 2.56. The Morgan fingerprint density at radius 3 is 2.19 bits per heavy atom. The molecule has 0 saturated heterocycles. The molecule has 3 aromatic carbocycles. The number of para-hydroxylation sites is 2. The predicted octanol–water partition coefficient (Wildman–Crippen LogP) is 3.17. The maximum atomic E-state index is 11.0. The Bertz CT molecular complexity index is 1090. The Morgan fingerprint density at radius 1 is 0.769 bits per heavy atom. The number of benzene rings is 3. The number of aromatic nitrogens is 2. The van der Waals surface area contributed by atoms with Crippen molar-refractivity contribution in [1.82, 2.24) is 0 Å². The second-order valence-electron chi connectivity index (χ2n) is 6.32. The number of hydrogen-bond acceptors (Lipinski definition) is 2. The average Bonchev–Trinajstić information content (AvgIpc) is 2.67. The first-order chi connectivity index (χ1) is 12.7. The summed E-state index contributed by atoms with van der Waals surface area (Å²) >= 11 is 0. The Labute approximate surface area is 151 Å². The van der Waals surface area contributed by atoms with Crippen LogP contribution in [0.5, 0.6) is 11.9 Å². The standard InChI is InChI=1S/C22H18N2O2/c1-16-9-5-6-10-17(16)15-23-20-14-8-7-13-19(20)21(25)24(22(23)26)18-11-3-2-4-12-18/h2-14H,15H2,1H3/p+2. The molecule has 4 heteroatoms. The first kappa shape index (κ1) is 16.1. The van der Waals surface area contributed by atoms with E-state index < -0.39 is 0 Å². The molecule has 26 heavy (non-hydrogen) atoms. The van der Waals surface area contributed by atoms with Crippen LogP contribution in [0, 0.1) is 6.92 Å². The predicted molar refractivity (Wildman–Crippen MR) is 99.3 cm³/mol. The quantitative estimate of drug-likeness (QED) is 0.561.